The maximum atomic E-state index is 5.52. The normalized spacial score (nSPS) is 20.0. The van der Waals surface area contributed by atoms with E-state index in [4.69, 9.17) is 9.47 Å². The van der Waals surface area contributed by atoms with Crippen molar-refractivity contribution < 1.29 is 9.47 Å². The molecule has 1 aromatic carbocycles. The van der Waals surface area contributed by atoms with E-state index in [-0.39, 0.29) is 0 Å². The Morgan fingerprint density at radius 1 is 1.46 bits per heavy atom. The van der Waals surface area contributed by atoms with Gasteiger partial charge in [-0.15, -0.1) is 0 Å². The van der Waals surface area contributed by atoms with E-state index in [0.717, 1.165) is 21.3 Å². The number of epoxide rings is 1. The minimum absolute atomic E-state index is 0.301. The SMILES string of the molecule is Brc1ccc(OCC2CO2)c(Br)c1. The third kappa shape index (κ3) is 2.69. The number of hydrogen-bond donors (Lipinski definition) is 0. The Morgan fingerprint density at radius 2 is 2.23 bits per heavy atom. The molecule has 0 amide bonds. The van der Waals surface area contributed by atoms with Crippen LogP contribution in [0.5, 0.6) is 5.75 Å². The van der Waals surface area contributed by atoms with Gasteiger partial charge >= 0.3 is 0 Å². The van der Waals surface area contributed by atoms with Crippen LogP contribution in [-0.2, 0) is 4.74 Å². The van der Waals surface area contributed by atoms with Crippen LogP contribution in [0, 0.1) is 0 Å². The predicted molar refractivity (Wildman–Crippen MR) is 57.1 cm³/mol. The van der Waals surface area contributed by atoms with Gasteiger partial charge in [-0.25, -0.2) is 0 Å². The molecule has 1 aromatic rings. The molecular weight excluding hydrogens is 300 g/mol. The van der Waals surface area contributed by atoms with Crippen LogP contribution in [0.3, 0.4) is 0 Å². The van der Waals surface area contributed by atoms with Crippen molar-refractivity contribution in [3.8, 4) is 5.75 Å². The Hall–Kier alpha value is -0.0600. The van der Waals surface area contributed by atoms with Gasteiger partial charge in [-0.3, -0.25) is 0 Å². The molecule has 1 aliphatic heterocycles. The average molecular weight is 308 g/mol. The predicted octanol–water partition coefficient (Wildman–Crippen LogP) is 2.99. The lowest BCUT2D eigenvalue weighted by molar-refractivity contribution is 0.262. The van der Waals surface area contributed by atoms with Crippen molar-refractivity contribution in [3.63, 3.8) is 0 Å². The topological polar surface area (TPSA) is 21.8 Å². The van der Waals surface area contributed by atoms with Gasteiger partial charge in [0, 0.05) is 4.47 Å². The molecule has 0 spiro atoms. The van der Waals surface area contributed by atoms with E-state index in [9.17, 15) is 0 Å². The Morgan fingerprint density at radius 3 is 2.85 bits per heavy atom. The van der Waals surface area contributed by atoms with Crippen molar-refractivity contribution >= 4 is 31.9 Å². The molecule has 1 atom stereocenters. The summed E-state index contributed by atoms with van der Waals surface area (Å²) in [7, 11) is 0. The Labute approximate surface area is 93.5 Å². The molecule has 0 aromatic heterocycles. The number of ether oxygens (including phenoxy) is 2. The van der Waals surface area contributed by atoms with Crippen molar-refractivity contribution in [2.24, 2.45) is 0 Å². The van der Waals surface area contributed by atoms with Gasteiger partial charge in [-0.2, -0.15) is 0 Å². The van der Waals surface area contributed by atoms with E-state index in [2.05, 4.69) is 31.9 Å². The fourth-order valence-electron chi connectivity index (χ4n) is 0.939. The standard InChI is InChI=1S/C9H8Br2O2/c10-6-1-2-9(8(11)3-6)13-5-7-4-12-7/h1-3,7H,4-5H2. The van der Waals surface area contributed by atoms with E-state index < -0.39 is 0 Å². The molecule has 70 valence electrons. The highest BCUT2D eigenvalue weighted by atomic mass is 79.9. The van der Waals surface area contributed by atoms with Gasteiger partial charge in [0.05, 0.1) is 11.1 Å². The molecular formula is C9H8Br2O2. The lowest BCUT2D eigenvalue weighted by Crippen LogP contribution is -2.04. The molecule has 4 heteroatoms. The molecule has 0 bridgehead atoms. The highest BCUT2D eigenvalue weighted by Crippen LogP contribution is 2.28. The molecule has 1 heterocycles. The second-order valence-corrected chi connectivity index (χ2v) is 4.61. The van der Waals surface area contributed by atoms with Crippen LogP contribution < -0.4 is 4.74 Å². The number of rotatable bonds is 3. The van der Waals surface area contributed by atoms with Gasteiger partial charge in [0.1, 0.15) is 18.5 Å². The zero-order valence-corrected chi connectivity index (χ0v) is 9.97. The summed E-state index contributed by atoms with van der Waals surface area (Å²) in [5.41, 5.74) is 0. The molecule has 1 saturated heterocycles. The van der Waals surface area contributed by atoms with Crippen LogP contribution in [0.25, 0.3) is 0 Å². The Kier molecular flexibility index (Phi) is 2.91. The number of halogens is 2. The lowest BCUT2D eigenvalue weighted by Gasteiger charge is -2.06. The second kappa shape index (κ2) is 3.98. The summed E-state index contributed by atoms with van der Waals surface area (Å²) in [6.45, 7) is 1.47. The summed E-state index contributed by atoms with van der Waals surface area (Å²) in [6, 6.07) is 5.84. The van der Waals surface area contributed by atoms with Crippen LogP contribution >= 0.6 is 31.9 Å². The van der Waals surface area contributed by atoms with Crippen LogP contribution in [0.1, 0.15) is 0 Å². The summed E-state index contributed by atoms with van der Waals surface area (Å²) in [5, 5.41) is 0. The largest absolute Gasteiger partial charge is 0.490 e. The first-order valence-corrected chi connectivity index (χ1v) is 5.54. The van der Waals surface area contributed by atoms with Gasteiger partial charge in [0.15, 0.2) is 0 Å². The van der Waals surface area contributed by atoms with Crippen molar-refractivity contribution in [1.29, 1.82) is 0 Å². The van der Waals surface area contributed by atoms with Crippen molar-refractivity contribution in [3.05, 3.63) is 27.1 Å². The van der Waals surface area contributed by atoms with Gasteiger partial charge in [0.2, 0.25) is 0 Å². The monoisotopic (exact) mass is 306 g/mol. The first-order chi connectivity index (χ1) is 6.25. The highest BCUT2D eigenvalue weighted by molar-refractivity contribution is 9.11. The smallest absolute Gasteiger partial charge is 0.133 e. The minimum Gasteiger partial charge on any atom is -0.490 e. The summed E-state index contributed by atoms with van der Waals surface area (Å²) < 4.78 is 12.6. The van der Waals surface area contributed by atoms with E-state index in [1.165, 1.54) is 0 Å². The van der Waals surface area contributed by atoms with Crippen LogP contribution in [0.2, 0.25) is 0 Å². The summed E-state index contributed by atoms with van der Waals surface area (Å²) in [5.74, 6) is 0.860. The molecule has 0 saturated carbocycles. The fraction of sp³-hybridized carbons (Fsp3) is 0.333. The zero-order chi connectivity index (χ0) is 9.26. The molecule has 1 unspecified atom stereocenters. The first kappa shape index (κ1) is 9.49. The number of hydrogen-bond acceptors (Lipinski definition) is 2. The van der Waals surface area contributed by atoms with Gasteiger partial charge in [0.25, 0.3) is 0 Å². The minimum atomic E-state index is 0.301. The van der Waals surface area contributed by atoms with E-state index in [0.29, 0.717) is 12.7 Å². The lowest BCUT2D eigenvalue weighted by atomic mass is 10.3. The van der Waals surface area contributed by atoms with Crippen LogP contribution in [0.4, 0.5) is 0 Å². The maximum Gasteiger partial charge on any atom is 0.133 e. The van der Waals surface area contributed by atoms with Crippen molar-refractivity contribution in [2.45, 2.75) is 6.10 Å². The number of benzene rings is 1. The summed E-state index contributed by atoms with van der Waals surface area (Å²) in [6.07, 6.45) is 0.301. The van der Waals surface area contributed by atoms with Crippen LogP contribution in [-0.4, -0.2) is 19.3 Å². The Bertz CT molecular complexity index is 310. The van der Waals surface area contributed by atoms with E-state index in [1.54, 1.807) is 0 Å². The summed E-state index contributed by atoms with van der Waals surface area (Å²) in [4.78, 5) is 0. The van der Waals surface area contributed by atoms with Crippen molar-refractivity contribution in [2.75, 3.05) is 13.2 Å². The molecule has 1 fully saturated rings. The average Bonchev–Trinajstić information content (AvgIpc) is 2.86. The fourth-order valence-corrected chi connectivity index (χ4v) is 2.10. The zero-order valence-electron chi connectivity index (χ0n) is 6.80. The first-order valence-electron chi connectivity index (χ1n) is 3.95. The van der Waals surface area contributed by atoms with E-state index >= 15 is 0 Å². The quantitative estimate of drug-likeness (QED) is 0.801. The maximum absolute atomic E-state index is 5.52. The molecule has 13 heavy (non-hydrogen) atoms. The molecule has 2 nitrogen and oxygen atoms in total. The van der Waals surface area contributed by atoms with E-state index in [1.807, 2.05) is 18.2 Å². The third-order valence-corrected chi connectivity index (χ3v) is 2.83. The molecule has 1 aliphatic rings. The third-order valence-electron chi connectivity index (χ3n) is 1.72. The molecule has 0 aliphatic carbocycles. The van der Waals surface area contributed by atoms with Gasteiger partial charge < -0.3 is 9.47 Å². The molecule has 0 radical (unpaired) electrons. The van der Waals surface area contributed by atoms with Crippen molar-refractivity contribution in [1.82, 2.24) is 0 Å². The van der Waals surface area contributed by atoms with Gasteiger partial charge in [-0.05, 0) is 34.1 Å². The second-order valence-electron chi connectivity index (χ2n) is 2.84. The van der Waals surface area contributed by atoms with Gasteiger partial charge in [-0.1, -0.05) is 15.9 Å². The Balaban J connectivity index is 2.01. The summed E-state index contributed by atoms with van der Waals surface area (Å²) >= 11 is 6.80. The molecule has 2 rings (SSSR count). The van der Waals surface area contributed by atoms with Crippen LogP contribution in [0.15, 0.2) is 27.1 Å². The molecule has 0 N–H and O–H groups in total. The highest BCUT2D eigenvalue weighted by Gasteiger charge is 2.23.